The predicted molar refractivity (Wildman–Crippen MR) is 110 cm³/mol. The van der Waals surface area contributed by atoms with Crippen LogP contribution in [0.2, 0.25) is 0 Å². The molecule has 1 atom stereocenters. The minimum absolute atomic E-state index is 0.0873. The van der Waals surface area contributed by atoms with E-state index in [-0.39, 0.29) is 11.8 Å². The van der Waals surface area contributed by atoms with Crippen LogP contribution >= 0.6 is 0 Å². The van der Waals surface area contributed by atoms with Gasteiger partial charge in [0.2, 0.25) is 0 Å². The van der Waals surface area contributed by atoms with E-state index in [2.05, 4.69) is 48.3 Å². The van der Waals surface area contributed by atoms with Gasteiger partial charge in [-0.1, -0.05) is 30.3 Å². The van der Waals surface area contributed by atoms with E-state index in [0.717, 1.165) is 43.7 Å². The van der Waals surface area contributed by atoms with Crippen molar-refractivity contribution in [3.8, 4) is 0 Å². The zero-order valence-electron chi connectivity index (χ0n) is 16.2. The van der Waals surface area contributed by atoms with Gasteiger partial charge in [0.05, 0.1) is 0 Å². The Morgan fingerprint density at radius 1 is 1.07 bits per heavy atom. The molecular formula is C24H25N3O. The summed E-state index contributed by atoms with van der Waals surface area (Å²) in [5.41, 5.74) is 5.44. The first-order valence-corrected chi connectivity index (χ1v) is 9.90. The fraction of sp³-hybridized carbons (Fsp3) is 0.292. The van der Waals surface area contributed by atoms with Crippen LogP contribution in [0.1, 0.15) is 51.6 Å². The van der Waals surface area contributed by atoms with E-state index in [4.69, 9.17) is 4.98 Å². The Morgan fingerprint density at radius 3 is 2.64 bits per heavy atom. The first-order chi connectivity index (χ1) is 13.7. The summed E-state index contributed by atoms with van der Waals surface area (Å²) in [4.78, 5) is 23.6. The minimum Gasteiger partial charge on any atom is -0.338 e. The number of carbonyl (C=O) groups is 1. The van der Waals surface area contributed by atoms with Crippen LogP contribution in [-0.2, 0) is 6.42 Å². The second-order valence-electron chi connectivity index (χ2n) is 7.53. The predicted octanol–water partition coefficient (Wildman–Crippen LogP) is 4.40. The van der Waals surface area contributed by atoms with Crippen molar-refractivity contribution < 1.29 is 4.79 Å². The Bertz CT molecular complexity index is 941. The van der Waals surface area contributed by atoms with Gasteiger partial charge >= 0.3 is 0 Å². The Morgan fingerprint density at radius 2 is 1.86 bits per heavy atom. The third-order valence-electron chi connectivity index (χ3n) is 5.34. The van der Waals surface area contributed by atoms with Crippen molar-refractivity contribution in [1.82, 2.24) is 14.9 Å². The molecule has 2 aromatic heterocycles. The largest absolute Gasteiger partial charge is 0.338 e. The van der Waals surface area contributed by atoms with Crippen LogP contribution in [0.3, 0.4) is 0 Å². The number of aryl methyl sites for hydroxylation is 1. The summed E-state index contributed by atoms with van der Waals surface area (Å²) in [6, 6.07) is 18.5. The quantitative estimate of drug-likeness (QED) is 0.683. The number of rotatable bonds is 4. The molecule has 3 aromatic rings. The first-order valence-electron chi connectivity index (χ1n) is 9.90. The zero-order valence-corrected chi connectivity index (χ0v) is 16.2. The lowest BCUT2D eigenvalue weighted by atomic mass is 9.92. The molecule has 28 heavy (non-hydrogen) atoms. The summed E-state index contributed by atoms with van der Waals surface area (Å²) in [6.45, 7) is 3.59. The number of piperidine rings is 1. The van der Waals surface area contributed by atoms with Gasteiger partial charge in [-0.25, -0.2) is 0 Å². The topological polar surface area (TPSA) is 46.1 Å². The summed E-state index contributed by atoms with van der Waals surface area (Å²) in [6.07, 6.45) is 6.33. The Balaban J connectivity index is 1.52. The van der Waals surface area contributed by atoms with Gasteiger partial charge in [-0.2, -0.15) is 0 Å². The number of aromatic nitrogens is 2. The van der Waals surface area contributed by atoms with E-state index in [0.29, 0.717) is 5.56 Å². The molecule has 0 saturated carbocycles. The van der Waals surface area contributed by atoms with E-state index in [9.17, 15) is 4.79 Å². The van der Waals surface area contributed by atoms with E-state index < -0.39 is 0 Å². The Hall–Kier alpha value is -3.01. The van der Waals surface area contributed by atoms with Gasteiger partial charge in [0, 0.05) is 48.4 Å². The fourth-order valence-corrected chi connectivity index (χ4v) is 3.99. The molecule has 0 radical (unpaired) electrons. The van der Waals surface area contributed by atoms with Crippen LogP contribution in [0.15, 0.2) is 67.0 Å². The van der Waals surface area contributed by atoms with E-state index in [1.165, 1.54) is 11.1 Å². The second-order valence-corrected chi connectivity index (χ2v) is 7.53. The van der Waals surface area contributed by atoms with Crippen LogP contribution < -0.4 is 0 Å². The zero-order chi connectivity index (χ0) is 19.3. The molecule has 142 valence electrons. The van der Waals surface area contributed by atoms with Gasteiger partial charge < -0.3 is 4.90 Å². The SMILES string of the molecule is Cc1cc(Cc2ccccc2)cc([C@H]2CCCN(C(=O)c3ccncc3)C2)n1. The van der Waals surface area contributed by atoms with Crippen LogP contribution in [0.4, 0.5) is 0 Å². The number of amides is 1. The number of carbonyl (C=O) groups excluding carboxylic acids is 1. The van der Waals surface area contributed by atoms with Crippen LogP contribution in [-0.4, -0.2) is 33.9 Å². The highest BCUT2D eigenvalue weighted by atomic mass is 16.2. The molecule has 1 aliphatic rings. The van der Waals surface area contributed by atoms with Gasteiger partial charge in [0.25, 0.3) is 5.91 Å². The van der Waals surface area contributed by atoms with Crippen molar-refractivity contribution >= 4 is 5.91 Å². The van der Waals surface area contributed by atoms with Gasteiger partial charge in [0.1, 0.15) is 0 Å². The molecule has 0 N–H and O–H groups in total. The summed E-state index contributed by atoms with van der Waals surface area (Å²) in [5, 5.41) is 0. The molecule has 1 aromatic carbocycles. The minimum atomic E-state index is 0.0873. The van der Waals surface area contributed by atoms with Crippen molar-refractivity contribution in [3.63, 3.8) is 0 Å². The molecule has 1 amide bonds. The summed E-state index contributed by atoms with van der Waals surface area (Å²) >= 11 is 0. The maximum absolute atomic E-state index is 12.8. The maximum Gasteiger partial charge on any atom is 0.253 e. The fourth-order valence-electron chi connectivity index (χ4n) is 3.99. The van der Waals surface area contributed by atoms with Crippen molar-refractivity contribution in [3.05, 3.63) is 95.1 Å². The molecule has 1 saturated heterocycles. The van der Waals surface area contributed by atoms with E-state index >= 15 is 0 Å². The molecule has 0 bridgehead atoms. The molecule has 4 rings (SSSR count). The number of pyridine rings is 2. The van der Waals surface area contributed by atoms with Crippen molar-refractivity contribution in [1.29, 1.82) is 0 Å². The highest BCUT2D eigenvalue weighted by Crippen LogP contribution is 2.28. The Kier molecular flexibility index (Phi) is 5.47. The third kappa shape index (κ3) is 4.28. The van der Waals surface area contributed by atoms with Crippen LogP contribution in [0, 0.1) is 6.92 Å². The number of hydrogen-bond donors (Lipinski definition) is 0. The van der Waals surface area contributed by atoms with Gasteiger partial charge in [0.15, 0.2) is 0 Å². The molecule has 1 aliphatic heterocycles. The van der Waals surface area contributed by atoms with E-state index in [1.807, 2.05) is 11.0 Å². The lowest BCUT2D eigenvalue weighted by Gasteiger charge is -2.33. The lowest BCUT2D eigenvalue weighted by molar-refractivity contribution is 0.0705. The van der Waals surface area contributed by atoms with Crippen LogP contribution in [0.25, 0.3) is 0 Å². The lowest BCUT2D eigenvalue weighted by Crippen LogP contribution is -2.39. The van der Waals surface area contributed by atoms with Gasteiger partial charge in [-0.05, 0) is 61.6 Å². The molecule has 0 spiro atoms. The monoisotopic (exact) mass is 371 g/mol. The number of nitrogens with zero attached hydrogens (tertiary/aromatic N) is 3. The summed E-state index contributed by atoms with van der Waals surface area (Å²) < 4.78 is 0. The first kappa shape index (κ1) is 18.4. The van der Waals surface area contributed by atoms with Crippen molar-refractivity contribution in [2.24, 2.45) is 0 Å². The molecule has 0 aliphatic carbocycles. The molecule has 3 heterocycles. The molecule has 1 fully saturated rings. The molecule has 4 nitrogen and oxygen atoms in total. The van der Waals surface area contributed by atoms with Gasteiger partial charge in [-0.3, -0.25) is 14.8 Å². The van der Waals surface area contributed by atoms with Crippen molar-refractivity contribution in [2.75, 3.05) is 13.1 Å². The highest BCUT2D eigenvalue weighted by Gasteiger charge is 2.26. The summed E-state index contributed by atoms with van der Waals surface area (Å²) in [5.74, 6) is 0.373. The van der Waals surface area contributed by atoms with Gasteiger partial charge in [-0.15, -0.1) is 0 Å². The number of benzene rings is 1. The third-order valence-corrected chi connectivity index (χ3v) is 5.34. The highest BCUT2D eigenvalue weighted by molar-refractivity contribution is 5.94. The molecular weight excluding hydrogens is 346 g/mol. The normalized spacial score (nSPS) is 16.8. The number of hydrogen-bond acceptors (Lipinski definition) is 3. The molecule has 0 unspecified atom stereocenters. The maximum atomic E-state index is 12.8. The second kappa shape index (κ2) is 8.34. The average molecular weight is 371 g/mol. The standard InChI is InChI=1S/C24H25N3O/c1-18-14-20(15-19-6-3-2-4-7-19)16-23(26-18)22-8-5-13-27(17-22)24(28)21-9-11-25-12-10-21/h2-4,6-7,9-12,14,16,22H,5,8,13,15,17H2,1H3/t22-/m0/s1. The van der Waals surface area contributed by atoms with Crippen LogP contribution in [0.5, 0.6) is 0 Å². The Labute approximate surface area is 166 Å². The number of likely N-dealkylation sites (tertiary alicyclic amines) is 1. The summed E-state index contributed by atoms with van der Waals surface area (Å²) in [7, 11) is 0. The van der Waals surface area contributed by atoms with Crippen molar-refractivity contribution in [2.45, 2.75) is 32.1 Å². The van der Waals surface area contributed by atoms with E-state index in [1.54, 1.807) is 24.5 Å². The smallest absolute Gasteiger partial charge is 0.253 e. The molecule has 4 heteroatoms. The average Bonchev–Trinajstić information content (AvgIpc) is 2.74.